The molecule has 7 atom stereocenters. The molecule has 0 unspecified atom stereocenters. The minimum Gasteiger partial charge on any atom is -0.459 e. The highest BCUT2D eigenvalue weighted by atomic mass is 32.2. The summed E-state index contributed by atoms with van der Waals surface area (Å²) < 4.78 is 45.1. The first kappa shape index (κ1) is 43.3. The van der Waals surface area contributed by atoms with E-state index in [9.17, 15) is 18.0 Å². The number of ketones is 1. The Hall–Kier alpha value is -3.27. The molecule has 9 heteroatoms. The first-order valence-electron chi connectivity index (χ1n) is 21.3. The second-order valence-electron chi connectivity index (χ2n) is 19.7. The Kier molecular flexibility index (Phi) is 12.2. The van der Waals surface area contributed by atoms with Crippen LogP contribution in [0.3, 0.4) is 0 Å². The van der Waals surface area contributed by atoms with Gasteiger partial charge in [0.1, 0.15) is 17.8 Å². The topological polar surface area (TPSA) is 90.0 Å². The minimum atomic E-state index is -4.09. The number of fused-ring (bicyclic) bond motifs is 2. The summed E-state index contributed by atoms with van der Waals surface area (Å²) in [5.41, 5.74) is 3.68. The van der Waals surface area contributed by atoms with E-state index in [4.69, 9.17) is 9.16 Å². The van der Waals surface area contributed by atoms with Crippen LogP contribution in [-0.4, -0.2) is 40.6 Å². The van der Waals surface area contributed by atoms with Crippen LogP contribution >= 0.6 is 0 Å². The fourth-order valence-electron chi connectivity index (χ4n) is 10.1. The summed E-state index contributed by atoms with van der Waals surface area (Å²) in [6.45, 7) is 24.1. The summed E-state index contributed by atoms with van der Waals surface area (Å²) in [5.74, 6) is -2.00. The van der Waals surface area contributed by atoms with Crippen molar-refractivity contribution in [3.63, 3.8) is 0 Å². The van der Waals surface area contributed by atoms with Crippen LogP contribution in [0.25, 0.3) is 0 Å². The Morgan fingerprint density at radius 3 is 2.16 bits per heavy atom. The molecule has 3 saturated carbocycles. The van der Waals surface area contributed by atoms with Crippen LogP contribution in [0.15, 0.2) is 77.7 Å². The van der Waals surface area contributed by atoms with Gasteiger partial charge in [0.25, 0.3) is 10.0 Å². The molecule has 57 heavy (non-hydrogen) atoms. The second-order valence-corrected chi connectivity index (χ2v) is 26.3. The predicted molar refractivity (Wildman–Crippen MR) is 232 cm³/mol. The van der Waals surface area contributed by atoms with Crippen LogP contribution in [0.1, 0.15) is 134 Å². The quantitative estimate of drug-likeness (QED) is 0.0697. The number of hydrogen-bond donors (Lipinski definition) is 0. The maximum absolute atomic E-state index is 14.9. The normalized spacial score (nSPS) is 26.4. The van der Waals surface area contributed by atoms with Crippen LogP contribution in [0.5, 0.6) is 0 Å². The van der Waals surface area contributed by atoms with E-state index in [1.807, 2.05) is 38.1 Å². The second kappa shape index (κ2) is 16.1. The van der Waals surface area contributed by atoms with Gasteiger partial charge in [-0.05, 0) is 116 Å². The number of esters is 1. The first-order valence-corrected chi connectivity index (χ1v) is 25.7. The van der Waals surface area contributed by atoms with Gasteiger partial charge >= 0.3 is 5.97 Å². The van der Waals surface area contributed by atoms with Crippen LogP contribution in [-0.2, 0) is 28.8 Å². The standard InChI is InChI=1S/C48H67NO6SSi/c1-12-13-15-20-41(55-57(10,11)46(4,5)6)35-23-21-34(22-24-35)38-25-26-40(50)42(38)45(51)54-44-43(39-27-28-48(44,9)47(39,7)8)49(36-30-32(2)29-33(3)31-36)56(52,53)37-18-16-14-17-19-37/h14,16-19,21-24,29-31,38-39,41-44H,12-13,15,20,25-28H2,1-11H3/t38-,39-,41+,42-,43-,44-,48+/m1/s1. The lowest BCUT2D eigenvalue weighted by Gasteiger charge is -2.43. The maximum Gasteiger partial charge on any atom is 0.317 e. The smallest absolute Gasteiger partial charge is 0.317 e. The number of hydrogen-bond acceptors (Lipinski definition) is 6. The Balaban J connectivity index is 1.34. The van der Waals surface area contributed by atoms with E-state index in [1.54, 1.807) is 28.6 Å². The zero-order valence-electron chi connectivity index (χ0n) is 36.4. The Morgan fingerprint density at radius 1 is 0.930 bits per heavy atom. The monoisotopic (exact) mass is 813 g/mol. The van der Waals surface area contributed by atoms with Gasteiger partial charge in [0.15, 0.2) is 8.32 Å². The van der Waals surface area contributed by atoms with Crippen molar-refractivity contribution in [3.05, 3.63) is 95.1 Å². The SMILES string of the molecule is CCCCC[C@H](O[Si](C)(C)C(C)(C)C)c1ccc([C@H]2CCC(=O)[C@@H]2C(=O)O[C@@H]2[C@H](N(c3cc(C)cc(C)c3)S(=O)(=O)c3ccccc3)[C@H]3CC[C@]2(C)C3(C)C)cc1. The summed E-state index contributed by atoms with van der Waals surface area (Å²) >= 11 is 0. The predicted octanol–water partition coefficient (Wildman–Crippen LogP) is 11.6. The summed E-state index contributed by atoms with van der Waals surface area (Å²) in [6, 6.07) is 22.2. The molecule has 0 saturated heterocycles. The van der Waals surface area contributed by atoms with Crippen molar-refractivity contribution in [1.82, 2.24) is 0 Å². The largest absolute Gasteiger partial charge is 0.459 e. The van der Waals surface area contributed by atoms with Gasteiger partial charge in [-0.25, -0.2) is 8.42 Å². The molecule has 6 rings (SSSR count). The summed E-state index contributed by atoms with van der Waals surface area (Å²) in [4.78, 5) is 28.6. The molecule has 0 radical (unpaired) electrons. The molecule has 310 valence electrons. The van der Waals surface area contributed by atoms with Crippen molar-refractivity contribution < 1.29 is 27.2 Å². The molecule has 3 aromatic carbocycles. The lowest BCUT2D eigenvalue weighted by atomic mass is 9.70. The third kappa shape index (κ3) is 8.06. The molecule has 3 fully saturated rings. The van der Waals surface area contributed by atoms with E-state index >= 15 is 0 Å². The molecule has 0 aromatic heterocycles. The number of unbranched alkanes of at least 4 members (excludes halogenated alkanes) is 2. The number of carbonyl (C=O) groups is 2. The lowest BCUT2D eigenvalue weighted by Crippen LogP contribution is -2.54. The number of aryl methyl sites for hydroxylation is 2. The van der Waals surface area contributed by atoms with Crippen LogP contribution in [0.2, 0.25) is 18.1 Å². The minimum absolute atomic E-state index is 0.0106. The molecule has 7 nitrogen and oxygen atoms in total. The van der Waals surface area contributed by atoms with E-state index in [0.717, 1.165) is 60.8 Å². The summed E-state index contributed by atoms with van der Waals surface area (Å²) in [7, 11) is -6.14. The molecule has 3 aromatic rings. The number of rotatable bonds is 14. The van der Waals surface area contributed by atoms with Gasteiger partial charge in [-0.3, -0.25) is 13.9 Å². The van der Waals surface area contributed by atoms with Crippen molar-refractivity contribution in [2.24, 2.45) is 22.7 Å². The molecular weight excluding hydrogens is 747 g/mol. The van der Waals surface area contributed by atoms with Gasteiger partial charge in [0.2, 0.25) is 0 Å². The van der Waals surface area contributed by atoms with Crippen molar-refractivity contribution in [3.8, 4) is 0 Å². The zero-order chi connectivity index (χ0) is 41.7. The summed E-state index contributed by atoms with van der Waals surface area (Å²) in [6.07, 6.45) is 6.05. The first-order chi connectivity index (χ1) is 26.6. The van der Waals surface area contributed by atoms with Crippen molar-refractivity contribution in [2.75, 3.05) is 4.31 Å². The average molecular weight is 814 g/mol. The molecule has 0 heterocycles. The third-order valence-electron chi connectivity index (χ3n) is 14.8. The maximum atomic E-state index is 14.9. The number of carbonyl (C=O) groups excluding carboxylic acids is 2. The third-order valence-corrected chi connectivity index (χ3v) is 21.1. The fraction of sp³-hybridized carbons (Fsp3) is 0.583. The number of anilines is 1. The van der Waals surface area contributed by atoms with E-state index in [-0.39, 0.29) is 39.1 Å². The van der Waals surface area contributed by atoms with Gasteiger partial charge in [0, 0.05) is 17.8 Å². The average Bonchev–Trinajstić information content (AvgIpc) is 3.68. The van der Waals surface area contributed by atoms with Crippen molar-refractivity contribution in [2.45, 2.75) is 161 Å². The van der Waals surface area contributed by atoms with Gasteiger partial charge in [-0.1, -0.05) is 116 Å². The highest BCUT2D eigenvalue weighted by Crippen LogP contribution is 2.68. The molecule has 0 aliphatic heterocycles. The highest BCUT2D eigenvalue weighted by Gasteiger charge is 2.70. The molecule has 2 bridgehead atoms. The van der Waals surface area contributed by atoms with E-state index in [2.05, 4.69) is 85.8 Å². The number of benzene rings is 3. The van der Waals surface area contributed by atoms with Gasteiger partial charge in [-0.2, -0.15) is 0 Å². The summed E-state index contributed by atoms with van der Waals surface area (Å²) in [5, 5.41) is 0.0829. The Bertz CT molecular complexity index is 2020. The highest BCUT2D eigenvalue weighted by molar-refractivity contribution is 7.92. The number of Topliss-reactive ketones (excluding diaryl/α,β-unsaturated/α-hetero) is 1. The molecular formula is C48H67NO6SSi. The number of nitrogens with zero attached hydrogens (tertiary/aromatic N) is 1. The van der Waals surface area contributed by atoms with Crippen molar-refractivity contribution >= 4 is 35.8 Å². The van der Waals surface area contributed by atoms with Crippen molar-refractivity contribution in [1.29, 1.82) is 0 Å². The Morgan fingerprint density at radius 2 is 1.56 bits per heavy atom. The number of sulfonamides is 1. The van der Waals surface area contributed by atoms with E-state index in [0.29, 0.717) is 18.5 Å². The van der Waals surface area contributed by atoms with Crippen LogP contribution in [0, 0.1) is 36.5 Å². The molecule has 0 spiro atoms. The van der Waals surface area contributed by atoms with E-state index < -0.39 is 47.8 Å². The van der Waals surface area contributed by atoms with Gasteiger partial charge in [0.05, 0.1) is 22.7 Å². The Labute approximate surface area is 344 Å². The fourth-order valence-corrected chi connectivity index (χ4v) is 13.1. The van der Waals surface area contributed by atoms with Crippen LogP contribution < -0.4 is 4.31 Å². The number of ether oxygens (including phenoxy) is 1. The zero-order valence-corrected chi connectivity index (χ0v) is 38.2. The molecule has 3 aliphatic rings. The molecule has 3 aliphatic carbocycles. The van der Waals surface area contributed by atoms with Crippen LogP contribution in [0.4, 0.5) is 5.69 Å². The molecule has 0 N–H and O–H groups in total. The lowest BCUT2D eigenvalue weighted by molar-refractivity contribution is -0.164. The molecule has 0 amide bonds. The van der Waals surface area contributed by atoms with E-state index in [1.165, 1.54) is 0 Å². The van der Waals surface area contributed by atoms with Gasteiger partial charge in [-0.15, -0.1) is 0 Å². The van der Waals surface area contributed by atoms with Gasteiger partial charge < -0.3 is 9.16 Å².